The number of carbonyl (C=O) groups is 1. The van der Waals surface area contributed by atoms with Gasteiger partial charge in [-0.3, -0.25) is 10.1 Å². The highest BCUT2D eigenvalue weighted by atomic mass is 19.2. The Morgan fingerprint density at radius 3 is 2.53 bits per heavy atom. The van der Waals surface area contributed by atoms with Crippen LogP contribution >= 0.6 is 0 Å². The molecule has 1 heterocycles. The molecule has 5 nitrogen and oxygen atoms in total. The molecule has 0 spiro atoms. The molecule has 0 bridgehead atoms. The van der Waals surface area contributed by atoms with Gasteiger partial charge in [-0.25, -0.2) is 9.38 Å². The van der Waals surface area contributed by atoms with E-state index < -0.39 is 41.4 Å². The van der Waals surface area contributed by atoms with Gasteiger partial charge in [0.05, 0.1) is 6.07 Å². The van der Waals surface area contributed by atoms with Crippen LogP contribution in [-0.2, 0) is 9.53 Å². The van der Waals surface area contributed by atoms with Crippen LogP contribution in [0.25, 0.3) is 0 Å². The molecule has 0 amide bonds. The van der Waals surface area contributed by atoms with E-state index in [9.17, 15) is 18.0 Å². The predicted molar refractivity (Wildman–Crippen MR) is 59.7 cm³/mol. The molecule has 0 aromatic carbocycles. The Bertz CT molecular complexity index is 488. The number of nitriles is 1. The van der Waals surface area contributed by atoms with Gasteiger partial charge in [0.15, 0.2) is 11.7 Å². The fraction of sp³-hybridized carbons (Fsp3) is 0.545. The minimum absolute atomic E-state index is 0.917. The SMILES string of the molecule is CC(C)(C)OC(=O)C(C#N)C1N=C(F)NC(F)=C1F. The van der Waals surface area contributed by atoms with Crippen molar-refractivity contribution < 1.29 is 22.7 Å². The van der Waals surface area contributed by atoms with Crippen molar-refractivity contribution in [3.63, 3.8) is 0 Å². The van der Waals surface area contributed by atoms with E-state index in [1.54, 1.807) is 20.8 Å². The maximum atomic E-state index is 13.5. The molecule has 0 aromatic rings. The van der Waals surface area contributed by atoms with E-state index in [2.05, 4.69) is 4.99 Å². The Labute approximate surface area is 107 Å². The molecule has 19 heavy (non-hydrogen) atoms. The molecule has 2 atom stereocenters. The molecule has 0 aromatic heterocycles. The number of hydrogen-bond donors (Lipinski definition) is 1. The van der Waals surface area contributed by atoms with Gasteiger partial charge in [0, 0.05) is 0 Å². The van der Waals surface area contributed by atoms with Crippen LogP contribution in [0.5, 0.6) is 0 Å². The number of amidine groups is 1. The van der Waals surface area contributed by atoms with Crippen molar-refractivity contribution in [3.05, 3.63) is 11.8 Å². The Balaban J connectivity index is 3.01. The number of nitrogens with zero attached hydrogens (tertiary/aromatic N) is 2. The first-order valence-electron chi connectivity index (χ1n) is 5.33. The summed E-state index contributed by atoms with van der Waals surface area (Å²) in [6.45, 7) is 4.62. The number of nitrogens with one attached hydrogen (secondary N) is 1. The number of esters is 1. The summed E-state index contributed by atoms with van der Waals surface area (Å²) in [6, 6.07) is -0.439. The van der Waals surface area contributed by atoms with Crippen molar-refractivity contribution in [2.75, 3.05) is 0 Å². The fourth-order valence-electron chi connectivity index (χ4n) is 1.33. The van der Waals surface area contributed by atoms with Crippen molar-refractivity contribution in [2.24, 2.45) is 10.9 Å². The lowest BCUT2D eigenvalue weighted by Crippen LogP contribution is -2.38. The highest BCUT2D eigenvalue weighted by molar-refractivity contribution is 5.80. The van der Waals surface area contributed by atoms with Crippen LogP contribution in [0.15, 0.2) is 16.8 Å². The molecule has 0 fully saturated rings. The van der Waals surface area contributed by atoms with Crippen molar-refractivity contribution >= 4 is 12.1 Å². The summed E-state index contributed by atoms with van der Waals surface area (Å²) in [5.41, 5.74) is -0.917. The highest BCUT2D eigenvalue weighted by Gasteiger charge is 2.39. The normalized spacial score (nSPS) is 21.1. The average Bonchev–Trinajstić information content (AvgIpc) is 2.23. The second-order valence-electron chi connectivity index (χ2n) is 4.79. The minimum Gasteiger partial charge on any atom is -0.459 e. The molecule has 1 aliphatic rings. The maximum Gasteiger partial charge on any atom is 0.326 e. The maximum absolute atomic E-state index is 13.5. The zero-order valence-corrected chi connectivity index (χ0v) is 10.5. The summed E-state index contributed by atoms with van der Waals surface area (Å²) >= 11 is 0. The average molecular weight is 275 g/mol. The second-order valence-corrected chi connectivity index (χ2v) is 4.79. The lowest BCUT2D eigenvalue weighted by atomic mass is 10.00. The van der Waals surface area contributed by atoms with Crippen molar-refractivity contribution in [1.82, 2.24) is 5.32 Å². The third-order valence-corrected chi connectivity index (χ3v) is 2.05. The minimum atomic E-state index is -1.89. The quantitative estimate of drug-likeness (QED) is 0.616. The van der Waals surface area contributed by atoms with Gasteiger partial charge < -0.3 is 4.74 Å². The Morgan fingerprint density at radius 2 is 2.05 bits per heavy atom. The molecular formula is C11H12F3N3O2. The zero-order chi connectivity index (χ0) is 14.8. The monoisotopic (exact) mass is 275 g/mol. The van der Waals surface area contributed by atoms with E-state index >= 15 is 0 Å². The first-order valence-corrected chi connectivity index (χ1v) is 5.33. The van der Waals surface area contributed by atoms with Crippen LogP contribution in [0.4, 0.5) is 13.2 Å². The lowest BCUT2D eigenvalue weighted by molar-refractivity contribution is -0.158. The first-order chi connectivity index (χ1) is 8.65. The summed E-state index contributed by atoms with van der Waals surface area (Å²) < 4.78 is 44.2. The summed E-state index contributed by atoms with van der Waals surface area (Å²) in [6.07, 6.45) is -1.41. The van der Waals surface area contributed by atoms with Gasteiger partial charge in [0.1, 0.15) is 11.6 Å². The highest BCUT2D eigenvalue weighted by Crippen LogP contribution is 2.26. The molecule has 104 valence electrons. The molecular weight excluding hydrogens is 263 g/mol. The summed E-state index contributed by atoms with van der Waals surface area (Å²) in [5, 5.41) is 10.2. The van der Waals surface area contributed by atoms with E-state index in [0.717, 1.165) is 0 Å². The summed E-state index contributed by atoms with van der Waals surface area (Å²) in [7, 11) is 0. The lowest BCUT2D eigenvalue weighted by Gasteiger charge is -2.24. The van der Waals surface area contributed by atoms with Gasteiger partial charge >= 0.3 is 5.97 Å². The summed E-state index contributed by atoms with van der Waals surface area (Å²) in [5.74, 6) is -5.99. The Morgan fingerprint density at radius 1 is 1.47 bits per heavy atom. The second kappa shape index (κ2) is 5.30. The number of carbonyl (C=O) groups excluding carboxylic acids is 1. The van der Waals surface area contributed by atoms with Gasteiger partial charge in [-0.15, -0.1) is 0 Å². The van der Waals surface area contributed by atoms with Gasteiger partial charge in [-0.05, 0) is 20.8 Å². The Kier molecular flexibility index (Phi) is 4.19. The third kappa shape index (κ3) is 3.71. The van der Waals surface area contributed by atoms with Crippen LogP contribution in [-0.4, -0.2) is 23.7 Å². The number of hydrogen-bond acceptors (Lipinski definition) is 5. The molecule has 1 rings (SSSR count). The van der Waals surface area contributed by atoms with E-state index in [-0.39, 0.29) is 0 Å². The predicted octanol–water partition coefficient (Wildman–Crippen LogP) is 1.87. The van der Waals surface area contributed by atoms with E-state index in [1.165, 1.54) is 11.4 Å². The smallest absolute Gasteiger partial charge is 0.326 e. The molecule has 8 heteroatoms. The molecule has 1 N–H and O–H groups in total. The summed E-state index contributed by atoms with van der Waals surface area (Å²) in [4.78, 5) is 14.8. The topological polar surface area (TPSA) is 74.5 Å². The van der Waals surface area contributed by atoms with Crippen molar-refractivity contribution in [1.29, 1.82) is 5.26 Å². The van der Waals surface area contributed by atoms with Crippen LogP contribution in [0.1, 0.15) is 20.8 Å². The first kappa shape index (κ1) is 15.0. The van der Waals surface area contributed by atoms with Crippen molar-refractivity contribution in [2.45, 2.75) is 32.4 Å². The van der Waals surface area contributed by atoms with E-state index in [4.69, 9.17) is 10.00 Å². The van der Waals surface area contributed by atoms with Crippen LogP contribution in [0, 0.1) is 17.2 Å². The number of ether oxygens (including phenoxy) is 1. The number of rotatable bonds is 2. The standard InChI is InChI=1S/C11H12F3N3O2/c1-11(2,3)19-9(18)5(4-15)7-6(12)8(13)17-10(14)16-7/h5,7H,1-3H3,(H,16,17). The van der Waals surface area contributed by atoms with Gasteiger partial charge in [0.2, 0.25) is 5.95 Å². The molecule has 0 saturated carbocycles. The third-order valence-electron chi connectivity index (χ3n) is 2.05. The van der Waals surface area contributed by atoms with Gasteiger partial charge in [0.25, 0.3) is 6.09 Å². The van der Waals surface area contributed by atoms with Crippen molar-refractivity contribution in [3.8, 4) is 6.07 Å². The molecule has 0 saturated heterocycles. The van der Waals surface area contributed by atoms with Crippen LogP contribution < -0.4 is 5.32 Å². The van der Waals surface area contributed by atoms with E-state index in [0.29, 0.717) is 0 Å². The van der Waals surface area contributed by atoms with E-state index in [1.807, 2.05) is 0 Å². The molecule has 0 aliphatic carbocycles. The Hall–Kier alpha value is -2.04. The largest absolute Gasteiger partial charge is 0.459 e. The zero-order valence-electron chi connectivity index (χ0n) is 10.5. The molecule has 1 aliphatic heterocycles. The molecule has 2 unspecified atom stereocenters. The van der Waals surface area contributed by atoms with Gasteiger partial charge in [-0.1, -0.05) is 0 Å². The fourth-order valence-corrected chi connectivity index (χ4v) is 1.33. The van der Waals surface area contributed by atoms with Crippen LogP contribution in [0.3, 0.4) is 0 Å². The molecule has 0 radical (unpaired) electrons. The van der Waals surface area contributed by atoms with Gasteiger partial charge in [-0.2, -0.15) is 14.0 Å². The number of halogens is 3. The van der Waals surface area contributed by atoms with Crippen LogP contribution in [0.2, 0.25) is 0 Å². The number of aliphatic imine (C=N–C) groups is 1.